The number of hydrogen-bond acceptors (Lipinski definition) is 3. The van der Waals surface area contributed by atoms with Crippen LogP contribution in [0.5, 0.6) is 0 Å². The molecule has 0 radical (unpaired) electrons. The molecular weight excluding hydrogens is 263 g/mol. The van der Waals surface area contributed by atoms with Crippen LogP contribution in [0.1, 0.15) is 0 Å². The Morgan fingerprint density at radius 1 is 1.15 bits per heavy atom. The summed E-state index contributed by atoms with van der Waals surface area (Å²) in [7, 11) is 0. The average Bonchev–Trinajstić information content (AvgIpc) is 2.46. The molecule has 1 heterocycles. The molecule has 0 spiro atoms. The van der Waals surface area contributed by atoms with Crippen LogP contribution in [-0.2, 0) is 4.79 Å². The summed E-state index contributed by atoms with van der Waals surface area (Å²) in [5.41, 5.74) is 5.86. The molecule has 20 heavy (non-hydrogen) atoms. The van der Waals surface area contributed by atoms with Crippen LogP contribution < -0.4 is 16.0 Å². The highest BCUT2D eigenvalue weighted by atomic mass is 19.1. The van der Waals surface area contributed by atoms with Gasteiger partial charge in [0, 0.05) is 31.9 Å². The van der Waals surface area contributed by atoms with Gasteiger partial charge in [0.15, 0.2) is 0 Å². The minimum Gasteiger partial charge on any atom is -0.368 e. The second-order valence-electron chi connectivity index (χ2n) is 4.56. The SMILES string of the molecule is NC(=O)NCC(=O)N1CCN(c2ccc(F)cc2)CC1. The molecule has 0 unspecified atom stereocenters. The van der Waals surface area contributed by atoms with E-state index < -0.39 is 6.03 Å². The molecule has 7 heteroatoms. The molecule has 1 aliphatic heterocycles. The van der Waals surface area contributed by atoms with Crippen molar-refractivity contribution in [2.75, 3.05) is 37.6 Å². The van der Waals surface area contributed by atoms with Gasteiger partial charge in [-0.1, -0.05) is 0 Å². The van der Waals surface area contributed by atoms with Crippen LogP contribution in [0, 0.1) is 5.82 Å². The normalized spacial score (nSPS) is 15.1. The summed E-state index contributed by atoms with van der Waals surface area (Å²) in [6, 6.07) is 5.58. The standard InChI is InChI=1S/C13H17FN4O2/c14-10-1-3-11(4-2-10)17-5-7-18(8-6-17)12(19)9-16-13(15)20/h1-4H,5-9H2,(H3,15,16,20). The van der Waals surface area contributed by atoms with Crippen molar-refractivity contribution in [1.82, 2.24) is 10.2 Å². The number of amides is 3. The summed E-state index contributed by atoms with van der Waals surface area (Å²) in [6.45, 7) is 2.40. The van der Waals surface area contributed by atoms with Crippen molar-refractivity contribution in [3.63, 3.8) is 0 Å². The van der Waals surface area contributed by atoms with Crippen molar-refractivity contribution in [1.29, 1.82) is 0 Å². The Bertz CT molecular complexity index is 484. The van der Waals surface area contributed by atoms with Gasteiger partial charge in [0.1, 0.15) is 5.82 Å². The van der Waals surface area contributed by atoms with Gasteiger partial charge in [-0.2, -0.15) is 0 Å². The van der Waals surface area contributed by atoms with Gasteiger partial charge in [-0.15, -0.1) is 0 Å². The molecule has 0 aromatic heterocycles. The van der Waals surface area contributed by atoms with E-state index in [1.54, 1.807) is 17.0 Å². The largest absolute Gasteiger partial charge is 0.368 e. The molecule has 0 atom stereocenters. The molecule has 0 saturated carbocycles. The zero-order valence-corrected chi connectivity index (χ0v) is 11.0. The van der Waals surface area contributed by atoms with Crippen molar-refractivity contribution in [2.45, 2.75) is 0 Å². The van der Waals surface area contributed by atoms with E-state index in [0.29, 0.717) is 26.2 Å². The first-order valence-electron chi connectivity index (χ1n) is 6.38. The van der Waals surface area contributed by atoms with Gasteiger partial charge >= 0.3 is 6.03 Å². The van der Waals surface area contributed by atoms with Crippen molar-refractivity contribution in [2.24, 2.45) is 5.73 Å². The number of primary amides is 1. The van der Waals surface area contributed by atoms with E-state index in [-0.39, 0.29) is 18.3 Å². The quantitative estimate of drug-likeness (QED) is 0.827. The van der Waals surface area contributed by atoms with Crippen LogP contribution in [0.3, 0.4) is 0 Å². The lowest BCUT2D eigenvalue weighted by Gasteiger charge is -2.36. The molecule has 3 amide bonds. The monoisotopic (exact) mass is 280 g/mol. The topological polar surface area (TPSA) is 78.7 Å². The van der Waals surface area contributed by atoms with Gasteiger partial charge in [0.2, 0.25) is 5.91 Å². The molecule has 1 fully saturated rings. The van der Waals surface area contributed by atoms with E-state index in [4.69, 9.17) is 5.73 Å². The lowest BCUT2D eigenvalue weighted by molar-refractivity contribution is -0.130. The molecule has 0 aliphatic carbocycles. The van der Waals surface area contributed by atoms with Gasteiger partial charge in [-0.05, 0) is 24.3 Å². The van der Waals surface area contributed by atoms with Crippen molar-refractivity contribution in [3.05, 3.63) is 30.1 Å². The number of carbonyl (C=O) groups is 2. The molecule has 1 aromatic carbocycles. The van der Waals surface area contributed by atoms with E-state index in [1.807, 2.05) is 0 Å². The zero-order valence-electron chi connectivity index (χ0n) is 11.0. The second-order valence-corrected chi connectivity index (χ2v) is 4.56. The highest BCUT2D eigenvalue weighted by Gasteiger charge is 2.21. The van der Waals surface area contributed by atoms with Crippen molar-refractivity contribution >= 4 is 17.6 Å². The average molecular weight is 280 g/mol. The van der Waals surface area contributed by atoms with E-state index >= 15 is 0 Å². The maximum Gasteiger partial charge on any atom is 0.312 e. The number of benzene rings is 1. The fourth-order valence-corrected chi connectivity index (χ4v) is 2.14. The number of piperazine rings is 1. The predicted octanol–water partition coefficient (Wildman–Crippen LogP) is 0.143. The maximum atomic E-state index is 12.9. The van der Waals surface area contributed by atoms with E-state index in [1.165, 1.54) is 12.1 Å². The number of nitrogens with two attached hydrogens (primary N) is 1. The molecule has 108 valence electrons. The third kappa shape index (κ3) is 3.59. The molecule has 1 saturated heterocycles. The highest BCUT2D eigenvalue weighted by molar-refractivity contribution is 5.83. The number of nitrogens with zero attached hydrogens (tertiary/aromatic N) is 2. The third-order valence-corrected chi connectivity index (χ3v) is 3.24. The summed E-state index contributed by atoms with van der Waals surface area (Å²) in [5, 5.41) is 2.28. The summed E-state index contributed by atoms with van der Waals surface area (Å²) in [6.07, 6.45) is 0. The van der Waals surface area contributed by atoms with Gasteiger partial charge in [-0.25, -0.2) is 9.18 Å². The lowest BCUT2D eigenvalue weighted by Crippen LogP contribution is -2.51. The van der Waals surface area contributed by atoms with E-state index in [9.17, 15) is 14.0 Å². The number of nitrogens with one attached hydrogen (secondary N) is 1. The fraction of sp³-hybridized carbons (Fsp3) is 0.385. The van der Waals surface area contributed by atoms with E-state index in [0.717, 1.165) is 5.69 Å². The molecule has 0 bridgehead atoms. The summed E-state index contributed by atoms with van der Waals surface area (Å²) in [4.78, 5) is 26.1. The summed E-state index contributed by atoms with van der Waals surface area (Å²) in [5.74, 6) is -0.414. The summed E-state index contributed by atoms with van der Waals surface area (Å²) >= 11 is 0. The van der Waals surface area contributed by atoms with Gasteiger partial charge in [0.25, 0.3) is 0 Å². The van der Waals surface area contributed by atoms with Crippen LogP contribution in [0.4, 0.5) is 14.9 Å². The number of anilines is 1. The molecule has 1 aliphatic rings. The van der Waals surface area contributed by atoms with Crippen LogP contribution in [-0.4, -0.2) is 49.6 Å². The summed E-state index contributed by atoms with van der Waals surface area (Å²) < 4.78 is 12.9. The van der Waals surface area contributed by atoms with Crippen molar-refractivity contribution < 1.29 is 14.0 Å². The number of carbonyl (C=O) groups excluding carboxylic acids is 2. The zero-order chi connectivity index (χ0) is 14.5. The molecule has 6 nitrogen and oxygen atoms in total. The predicted molar refractivity (Wildman–Crippen MR) is 72.8 cm³/mol. The lowest BCUT2D eigenvalue weighted by atomic mass is 10.2. The fourth-order valence-electron chi connectivity index (χ4n) is 2.14. The van der Waals surface area contributed by atoms with Crippen molar-refractivity contribution in [3.8, 4) is 0 Å². The maximum absolute atomic E-state index is 12.9. The number of halogens is 1. The minimum atomic E-state index is -0.705. The Labute approximate surface area is 116 Å². The van der Waals surface area contributed by atoms with Gasteiger partial charge in [-0.3, -0.25) is 4.79 Å². The van der Waals surface area contributed by atoms with Gasteiger partial charge < -0.3 is 20.9 Å². The Kier molecular flexibility index (Phi) is 4.39. The molecule has 1 aromatic rings. The van der Waals surface area contributed by atoms with Crippen LogP contribution in [0.2, 0.25) is 0 Å². The van der Waals surface area contributed by atoms with E-state index in [2.05, 4.69) is 10.2 Å². The first-order chi connectivity index (χ1) is 9.56. The Hall–Kier alpha value is -2.31. The molecular formula is C13H17FN4O2. The Morgan fingerprint density at radius 2 is 1.75 bits per heavy atom. The van der Waals surface area contributed by atoms with Gasteiger partial charge in [0.05, 0.1) is 6.54 Å². The molecule has 3 N–H and O–H groups in total. The first-order valence-corrected chi connectivity index (χ1v) is 6.38. The minimum absolute atomic E-state index is 0.0775. The molecule has 2 rings (SSSR count). The number of hydrogen-bond donors (Lipinski definition) is 2. The smallest absolute Gasteiger partial charge is 0.312 e. The highest BCUT2D eigenvalue weighted by Crippen LogP contribution is 2.16. The Balaban J connectivity index is 1.84. The first kappa shape index (κ1) is 14.1. The van der Waals surface area contributed by atoms with Crippen LogP contribution in [0.25, 0.3) is 0 Å². The third-order valence-electron chi connectivity index (χ3n) is 3.24. The van der Waals surface area contributed by atoms with Crippen LogP contribution in [0.15, 0.2) is 24.3 Å². The number of rotatable bonds is 3. The second kappa shape index (κ2) is 6.23. The van der Waals surface area contributed by atoms with Crippen LogP contribution >= 0.6 is 0 Å². The Morgan fingerprint density at radius 3 is 2.30 bits per heavy atom. The number of urea groups is 1.